The van der Waals surface area contributed by atoms with Gasteiger partial charge in [0.2, 0.25) is 11.3 Å². The number of thioether (sulfide) groups is 1. The number of carboxylic acid groups (broad SMARTS) is 1. The Morgan fingerprint density at radius 2 is 2.00 bits per heavy atom. The number of carboxylic acids is 1. The molecule has 5 N–H and O–H groups in total. The van der Waals surface area contributed by atoms with Crippen molar-refractivity contribution in [1.82, 2.24) is 15.5 Å². The van der Waals surface area contributed by atoms with Gasteiger partial charge in [0.1, 0.15) is 23.7 Å². The van der Waals surface area contributed by atoms with Crippen LogP contribution >= 0.6 is 11.8 Å². The van der Waals surface area contributed by atoms with E-state index in [4.69, 9.17) is 19.7 Å². The second-order valence-corrected chi connectivity index (χ2v) is 10.0. The lowest BCUT2D eigenvalue weighted by Crippen LogP contribution is -2.71. The van der Waals surface area contributed by atoms with E-state index in [2.05, 4.69) is 10.5 Å². The lowest BCUT2D eigenvalue weighted by atomic mass is 10.0. The van der Waals surface area contributed by atoms with Gasteiger partial charge in [0.25, 0.3) is 17.7 Å². The maximum Gasteiger partial charge on any atom is 0.352 e. The summed E-state index contributed by atoms with van der Waals surface area (Å²) in [7, 11) is 0. The van der Waals surface area contributed by atoms with Crippen LogP contribution in [0, 0.1) is 0 Å². The van der Waals surface area contributed by atoms with Crippen molar-refractivity contribution in [2.75, 3.05) is 12.4 Å². The van der Waals surface area contributed by atoms with Gasteiger partial charge in [0, 0.05) is 18.2 Å². The fourth-order valence-electron chi connectivity index (χ4n) is 4.47. The number of ether oxygens (including phenoxy) is 1. The monoisotopic (exact) mass is 563 g/mol. The normalized spacial score (nSPS) is 21.9. The molecule has 2 fully saturated rings. The quantitative estimate of drug-likeness (QED) is 0.133. The molecular formula is C23H25N5O10S. The van der Waals surface area contributed by atoms with E-state index in [9.17, 15) is 33.9 Å². The third kappa shape index (κ3) is 5.59. The van der Waals surface area contributed by atoms with E-state index in [1.165, 1.54) is 37.1 Å². The van der Waals surface area contributed by atoms with Crippen molar-refractivity contribution in [2.45, 2.75) is 49.6 Å². The Balaban J connectivity index is 1.53. The van der Waals surface area contributed by atoms with Gasteiger partial charge in [-0.15, -0.1) is 11.8 Å². The number of urea groups is 1. The molecule has 16 heteroatoms. The topological polar surface area (TPSA) is 220 Å². The fourth-order valence-corrected chi connectivity index (χ4v) is 5.80. The largest absolute Gasteiger partial charge is 0.477 e. The van der Waals surface area contributed by atoms with Crippen LogP contribution in [0.4, 0.5) is 4.79 Å². The maximum atomic E-state index is 13.3. The van der Waals surface area contributed by atoms with Crippen molar-refractivity contribution in [3.05, 3.63) is 35.4 Å². The maximum absolute atomic E-state index is 13.3. The Hall–Kier alpha value is -4.34. The minimum Gasteiger partial charge on any atom is -0.477 e. The number of carbonyl (C=O) groups excluding carboxylic acids is 5. The van der Waals surface area contributed by atoms with Gasteiger partial charge in [-0.25, -0.2) is 9.59 Å². The van der Waals surface area contributed by atoms with Gasteiger partial charge in [-0.1, -0.05) is 5.16 Å². The number of primary amides is 1. The van der Waals surface area contributed by atoms with E-state index in [0.29, 0.717) is 12.8 Å². The van der Waals surface area contributed by atoms with Crippen molar-refractivity contribution in [3.63, 3.8) is 0 Å². The zero-order valence-corrected chi connectivity index (χ0v) is 21.4. The average Bonchev–Trinajstić information content (AvgIpc) is 3.58. The molecule has 0 spiro atoms. The summed E-state index contributed by atoms with van der Waals surface area (Å²) in [4.78, 5) is 79.7. The number of furan rings is 1. The first-order valence-corrected chi connectivity index (χ1v) is 12.8. The Morgan fingerprint density at radius 1 is 1.28 bits per heavy atom. The number of carbonyl (C=O) groups is 6. The van der Waals surface area contributed by atoms with Gasteiger partial charge in [-0.05, 0) is 37.8 Å². The van der Waals surface area contributed by atoms with Crippen LogP contribution in [-0.2, 0) is 33.5 Å². The number of oxime groups is 1. The molecule has 0 radical (unpaired) electrons. The van der Waals surface area contributed by atoms with Crippen molar-refractivity contribution >= 4 is 53.2 Å². The van der Waals surface area contributed by atoms with Gasteiger partial charge >= 0.3 is 18.0 Å². The predicted octanol–water partition coefficient (Wildman–Crippen LogP) is -0.190. The highest BCUT2D eigenvalue weighted by Crippen LogP contribution is 2.40. The van der Waals surface area contributed by atoms with Crippen molar-refractivity contribution in [1.29, 1.82) is 0 Å². The predicted molar refractivity (Wildman–Crippen MR) is 132 cm³/mol. The molecule has 1 aromatic rings. The van der Waals surface area contributed by atoms with Gasteiger partial charge in [0.15, 0.2) is 5.76 Å². The van der Waals surface area contributed by atoms with E-state index in [1.54, 1.807) is 0 Å². The molecule has 1 aromatic heterocycles. The molecular weight excluding hydrogens is 538 g/mol. The Morgan fingerprint density at radius 3 is 2.59 bits per heavy atom. The Kier molecular flexibility index (Phi) is 7.94. The molecule has 5 amide bonds. The lowest BCUT2D eigenvalue weighted by molar-refractivity contribution is -0.150. The summed E-state index contributed by atoms with van der Waals surface area (Å²) in [5, 5.41) is 17.4. The van der Waals surface area contributed by atoms with Crippen LogP contribution in [0.3, 0.4) is 0 Å². The fraction of sp³-hybridized carbons (Fsp3) is 0.435. The molecule has 2 atom stereocenters. The van der Waals surface area contributed by atoms with E-state index < -0.39 is 52.7 Å². The number of hydrogen-bond donors (Lipinski definition) is 4. The van der Waals surface area contributed by atoms with Gasteiger partial charge in [-0.2, -0.15) is 0 Å². The van der Waals surface area contributed by atoms with Crippen molar-refractivity contribution in [3.8, 4) is 0 Å². The molecule has 15 nitrogen and oxygen atoms in total. The number of nitrogens with one attached hydrogen (secondary N) is 2. The van der Waals surface area contributed by atoms with Crippen molar-refractivity contribution in [2.24, 2.45) is 10.9 Å². The van der Waals surface area contributed by atoms with Crippen LogP contribution in [-0.4, -0.2) is 80.8 Å². The summed E-state index contributed by atoms with van der Waals surface area (Å²) in [5.74, 6) is -4.21. The average molecular weight is 564 g/mol. The summed E-state index contributed by atoms with van der Waals surface area (Å²) in [6.07, 6.45) is 2.93. The highest BCUT2D eigenvalue weighted by molar-refractivity contribution is 8.00. The molecule has 1 saturated carbocycles. The van der Waals surface area contributed by atoms with Crippen LogP contribution in [0.25, 0.3) is 0 Å². The summed E-state index contributed by atoms with van der Waals surface area (Å²) in [5.41, 5.74) is 3.10. The summed E-state index contributed by atoms with van der Waals surface area (Å²) >= 11 is 1.19. The number of amides is 5. The number of rotatable bonds is 9. The number of esters is 1. The minimum absolute atomic E-state index is 0.0225. The van der Waals surface area contributed by atoms with E-state index >= 15 is 0 Å². The number of aliphatic carboxylic acids is 1. The first-order chi connectivity index (χ1) is 18.5. The van der Waals surface area contributed by atoms with Crippen molar-refractivity contribution < 1.29 is 47.9 Å². The van der Waals surface area contributed by atoms with E-state index in [0.717, 1.165) is 4.90 Å². The number of nitrogens with two attached hydrogens (primary N) is 1. The minimum atomic E-state index is -1.53. The molecule has 2 aliphatic heterocycles. The summed E-state index contributed by atoms with van der Waals surface area (Å²) in [6, 6.07) is 0.742. The third-order valence-electron chi connectivity index (χ3n) is 6.33. The van der Waals surface area contributed by atoms with Crippen LogP contribution in [0.1, 0.15) is 38.4 Å². The van der Waals surface area contributed by atoms with Gasteiger partial charge < -0.3 is 30.1 Å². The number of hydrogen-bond acceptors (Lipinski definition) is 11. The zero-order chi connectivity index (χ0) is 28.3. The second kappa shape index (κ2) is 11.2. The number of fused-ring (bicyclic) bond motifs is 1. The number of nitrogens with zero attached hydrogens (tertiary/aromatic N) is 2. The van der Waals surface area contributed by atoms with Gasteiger partial charge in [-0.3, -0.25) is 29.4 Å². The Labute approximate surface area is 225 Å². The van der Waals surface area contributed by atoms with Crippen LogP contribution in [0.5, 0.6) is 0 Å². The first-order valence-electron chi connectivity index (χ1n) is 11.8. The van der Waals surface area contributed by atoms with Gasteiger partial charge in [0.05, 0.1) is 6.26 Å². The molecule has 3 heterocycles. The molecule has 39 heavy (non-hydrogen) atoms. The molecule has 1 saturated heterocycles. The van der Waals surface area contributed by atoms with E-state index in [1.807, 2.05) is 5.32 Å². The highest BCUT2D eigenvalue weighted by Gasteiger charge is 2.54. The standard InChI is InChI=1S/C23H25N5O10S/c1-11(29)37-9-12-10-39-19-15(18(31)28(19)16(12)20(32)33)25-17(30)14(13-5-4-8-36-13)27-38-23(6-2-3-7-23)21(34)26-22(24)35/h4-5,8,15,19H,2-3,6-7,9-10H2,1H3,(H,25,30)(H,32,33)(H3,24,26,34,35)/b27-14+/t15-,19-/m1/s1. The van der Waals surface area contributed by atoms with Crippen LogP contribution < -0.4 is 16.4 Å². The number of β-lactam (4-membered cyclic amide) rings is 1. The molecule has 3 aliphatic rings. The zero-order valence-electron chi connectivity index (χ0n) is 20.6. The first kappa shape index (κ1) is 27.7. The number of imide groups is 1. The molecule has 4 rings (SSSR count). The lowest BCUT2D eigenvalue weighted by Gasteiger charge is -2.49. The van der Waals surface area contributed by atoms with Crippen LogP contribution in [0.2, 0.25) is 0 Å². The smallest absolute Gasteiger partial charge is 0.352 e. The SMILES string of the molecule is CC(=O)OCC1=C(C(=O)O)N2C(=O)[C@@H](NC(=O)/C(=N/OC3(C(=O)NC(N)=O)CCCC3)c3ccco3)[C@H]2SC1. The summed E-state index contributed by atoms with van der Waals surface area (Å²) in [6.45, 7) is 0.899. The third-order valence-corrected chi connectivity index (χ3v) is 7.67. The summed E-state index contributed by atoms with van der Waals surface area (Å²) < 4.78 is 10.2. The molecule has 0 bridgehead atoms. The molecule has 0 aromatic carbocycles. The van der Waals surface area contributed by atoms with E-state index in [-0.39, 0.29) is 47.9 Å². The second-order valence-electron chi connectivity index (χ2n) is 8.93. The molecule has 208 valence electrons. The Bertz CT molecular complexity index is 1270. The van der Waals surface area contributed by atoms with Crippen LogP contribution in [0.15, 0.2) is 39.2 Å². The molecule has 1 aliphatic carbocycles. The highest BCUT2D eigenvalue weighted by atomic mass is 32.2. The molecule has 0 unspecified atom stereocenters.